The van der Waals surface area contributed by atoms with Crippen molar-refractivity contribution < 1.29 is 19.4 Å². The first-order valence-corrected chi connectivity index (χ1v) is 7.37. The van der Waals surface area contributed by atoms with Crippen molar-refractivity contribution in [2.24, 2.45) is 0 Å². The predicted molar refractivity (Wildman–Crippen MR) is 70.8 cm³/mol. The molecular weight excluding hydrogens is 254 g/mol. The van der Waals surface area contributed by atoms with Crippen LogP contribution in [0.25, 0.3) is 0 Å². The van der Waals surface area contributed by atoms with Crippen molar-refractivity contribution in [1.29, 1.82) is 0 Å². The normalized spacial score (nSPS) is 18.3. The maximum atomic E-state index is 11.7. The third-order valence-electron chi connectivity index (χ3n) is 3.16. The molecule has 0 aromatic rings. The maximum Gasteiger partial charge on any atom is 0.329 e. The Labute approximate surface area is 112 Å². The first-order chi connectivity index (χ1) is 8.60. The van der Waals surface area contributed by atoms with Gasteiger partial charge < -0.3 is 15.2 Å². The number of ether oxygens (including phenoxy) is 1. The van der Waals surface area contributed by atoms with Crippen LogP contribution < -0.4 is 5.32 Å². The Balaban J connectivity index is 2.41. The van der Waals surface area contributed by atoms with Crippen molar-refractivity contribution >= 4 is 23.6 Å². The molecule has 0 aliphatic heterocycles. The largest absolute Gasteiger partial charge is 0.480 e. The molecule has 0 aromatic heterocycles. The molecule has 1 aliphatic carbocycles. The van der Waals surface area contributed by atoms with Crippen molar-refractivity contribution in [1.82, 2.24) is 5.32 Å². The third-order valence-corrected chi connectivity index (χ3v) is 4.08. The van der Waals surface area contributed by atoms with Crippen LogP contribution in [0.3, 0.4) is 0 Å². The van der Waals surface area contributed by atoms with E-state index in [2.05, 4.69) is 5.32 Å². The highest BCUT2D eigenvalue weighted by molar-refractivity contribution is 7.99. The minimum atomic E-state index is -1.03. The first kappa shape index (κ1) is 15.3. The average molecular weight is 275 g/mol. The van der Waals surface area contributed by atoms with Gasteiger partial charge in [0.05, 0.1) is 12.4 Å². The zero-order chi connectivity index (χ0) is 13.4. The number of hydrogen-bond acceptors (Lipinski definition) is 4. The average Bonchev–Trinajstić information content (AvgIpc) is 2.35. The molecular formula is C12H21NO4S. The molecule has 0 radical (unpaired) electrons. The van der Waals surface area contributed by atoms with Crippen molar-refractivity contribution in [3.05, 3.63) is 0 Å². The summed E-state index contributed by atoms with van der Waals surface area (Å²) in [5, 5.41) is 12.0. The fourth-order valence-electron chi connectivity index (χ4n) is 2.16. The smallest absolute Gasteiger partial charge is 0.329 e. The topological polar surface area (TPSA) is 75.6 Å². The Morgan fingerprint density at radius 2 is 2.00 bits per heavy atom. The van der Waals surface area contributed by atoms with Gasteiger partial charge in [0.1, 0.15) is 5.54 Å². The molecule has 0 saturated heterocycles. The molecule has 0 spiro atoms. The van der Waals surface area contributed by atoms with Crippen LogP contribution in [-0.4, -0.2) is 47.7 Å². The van der Waals surface area contributed by atoms with Crippen LogP contribution in [0, 0.1) is 0 Å². The summed E-state index contributed by atoms with van der Waals surface area (Å²) in [6, 6.07) is 0. The standard InChI is InChI=1S/C12H21NO4S/c1-17-7-8-18-9-10(14)13-12(11(15)16)5-3-2-4-6-12/h2-9H2,1H3,(H,13,14)(H,15,16). The quantitative estimate of drug-likeness (QED) is 0.684. The molecule has 0 unspecified atom stereocenters. The molecule has 0 aromatic carbocycles. The minimum Gasteiger partial charge on any atom is -0.480 e. The molecule has 18 heavy (non-hydrogen) atoms. The number of carboxylic acid groups (broad SMARTS) is 1. The number of amides is 1. The van der Waals surface area contributed by atoms with E-state index in [9.17, 15) is 14.7 Å². The Kier molecular flexibility index (Phi) is 6.49. The SMILES string of the molecule is COCCSCC(=O)NC1(C(=O)O)CCCCC1. The fraction of sp³-hybridized carbons (Fsp3) is 0.833. The number of carbonyl (C=O) groups excluding carboxylic acids is 1. The Hall–Kier alpha value is -0.750. The van der Waals surface area contributed by atoms with Gasteiger partial charge in [-0.25, -0.2) is 4.79 Å². The van der Waals surface area contributed by atoms with E-state index < -0.39 is 11.5 Å². The van der Waals surface area contributed by atoms with Crippen LogP contribution in [0.5, 0.6) is 0 Å². The third kappa shape index (κ3) is 4.49. The summed E-state index contributed by atoms with van der Waals surface area (Å²) in [6.07, 6.45) is 3.86. The van der Waals surface area contributed by atoms with Crippen molar-refractivity contribution in [3.8, 4) is 0 Å². The van der Waals surface area contributed by atoms with E-state index in [-0.39, 0.29) is 5.91 Å². The lowest BCUT2D eigenvalue weighted by atomic mass is 9.81. The molecule has 0 bridgehead atoms. The van der Waals surface area contributed by atoms with E-state index in [1.54, 1.807) is 7.11 Å². The second-order valence-corrected chi connectivity index (χ2v) is 5.65. The van der Waals surface area contributed by atoms with E-state index in [0.29, 0.717) is 25.2 Å². The number of methoxy groups -OCH3 is 1. The van der Waals surface area contributed by atoms with Crippen LogP contribution in [-0.2, 0) is 14.3 Å². The summed E-state index contributed by atoms with van der Waals surface area (Å²) in [4.78, 5) is 23.1. The van der Waals surface area contributed by atoms with Crippen LogP contribution in [0.2, 0.25) is 0 Å². The van der Waals surface area contributed by atoms with Crippen molar-refractivity contribution in [2.45, 2.75) is 37.6 Å². The zero-order valence-corrected chi connectivity index (χ0v) is 11.6. The molecule has 104 valence electrons. The van der Waals surface area contributed by atoms with E-state index in [4.69, 9.17) is 4.74 Å². The number of carboxylic acids is 1. The molecule has 1 amide bonds. The van der Waals surface area contributed by atoms with Crippen LogP contribution in [0.15, 0.2) is 0 Å². The summed E-state index contributed by atoms with van der Waals surface area (Å²) in [6.45, 7) is 0.599. The van der Waals surface area contributed by atoms with Crippen LogP contribution in [0.4, 0.5) is 0 Å². The first-order valence-electron chi connectivity index (χ1n) is 6.22. The summed E-state index contributed by atoms with van der Waals surface area (Å²) in [7, 11) is 1.61. The van der Waals surface area contributed by atoms with E-state index in [0.717, 1.165) is 25.0 Å². The summed E-state index contributed by atoms with van der Waals surface area (Å²) in [5.41, 5.74) is -1.03. The van der Waals surface area contributed by atoms with Gasteiger partial charge in [0.2, 0.25) is 5.91 Å². The Morgan fingerprint density at radius 1 is 1.33 bits per heavy atom. The van der Waals surface area contributed by atoms with Gasteiger partial charge >= 0.3 is 5.97 Å². The van der Waals surface area contributed by atoms with Gasteiger partial charge in [-0.15, -0.1) is 11.8 Å². The van der Waals surface area contributed by atoms with E-state index in [1.807, 2.05) is 0 Å². The second-order valence-electron chi connectivity index (χ2n) is 4.54. The van der Waals surface area contributed by atoms with Crippen LogP contribution >= 0.6 is 11.8 Å². The lowest BCUT2D eigenvalue weighted by Gasteiger charge is -2.33. The lowest BCUT2D eigenvalue weighted by molar-refractivity contribution is -0.148. The number of rotatable bonds is 7. The molecule has 2 N–H and O–H groups in total. The number of hydrogen-bond donors (Lipinski definition) is 2. The van der Waals surface area contributed by atoms with Gasteiger partial charge in [-0.2, -0.15) is 0 Å². The molecule has 6 heteroatoms. The summed E-state index contributed by atoms with van der Waals surface area (Å²) >= 11 is 1.45. The Bertz CT molecular complexity index is 290. The van der Waals surface area contributed by atoms with E-state index >= 15 is 0 Å². The van der Waals surface area contributed by atoms with Gasteiger partial charge in [-0.05, 0) is 12.8 Å². The molecule has 1 fully saturated rings. The molecule has 5 nitrogen and oxygen atoms in total. The molecule has 0 atom stereocenters. The lowest BCUT2D eigenvalue weighted by Crippen LogP contribution is -2.56. The molecule has 0 heterocycles. The highest BCUT2D eigenvalue weighted by Gasteiger charge is 2.40. The van der Waals surface area contributed by atoms with Gasteiger partial charge in [0, 0.05) is 12.9 Å². The monoisotopic (exact) mass is 275 g/mol. The summed E-state index contributed by atoms with van der Waals surface area (Å²) in [5.74, 6) is -0.0691. The van der Waals surface area contributed by atoms with Gasteiger partial charge in [-0.3, -0.25) is 4.79 Å². The zero-order valence-electron chi connectivity index (χ0n) is 10.7. The van der Waals surface area contributed by atoms with Crippen LogP contribution in [0.1, 0.15) is 32.1 Å². The van der Waals surface area contributed by atoms with E-state index in [1.165, 1.54) is 11.8 Å². The molecule has 1 saturated carbocycles. The number of nitrogens with one attached hydrogen (secondary N) is 1. The fourth-order valence-corrected chi connectivity index (χ4v) is 2.84. The highest BCUT2D eigenvalue weighted by Crippen LogP contribution is 2.28. The number of thioether (sulfide) groups is 1. The second kappa shape index (κ2) is 7.63. The van der Waals surface area contributed by atoms with Gasteiger partial charge in [-0.1, -0.05) is 19.3 Å². The Morgan fingerprint density at radius 3 is 2.56 bits per heavy atom. The molecule has 1 aliphatic rings. The van der Waals surface area contributed by atoms with Gasteiger partial charge in [0.25, 0.3) is 0 Å². The number of carbonyl (C=O) groups is 2. The highest BCUT2D eigenvalue weighted by atomic mass is 32.2. The number of aliphatic carboxylic acids is 1. The van der Waals surface area contributed by atoms with Crippen molar-refractivity contribution in [3.63, 3.8) is 0 Å². The predicted octanol–water partition coefficient (Wildman–Crippen LogP) is 1.27. The summed E-state index contributed by atoms with van der Waals surface area (Å²) < 4.78 is 4.88. The minimum absolute atomic E-state index is 0.194. The molecule has 1 rings (SSSR count). The van der Waals surface area contributed by atoms with Crippen molar-refractivity contribution in [2.75, 3.05) is 25.2 Å². The maximum absolute atomic E-state index is 11.7. The van der Waals surface area contributed by atoms with Gasteiger partial charge in [0.15, 0.2) is 0 Å².